The SMILES string of the molecule is c1ccc(-c2nc(-n3c4ccccc4c4cccnc43)nc3ccccc23)cc1. The van der Waals surface area contributed by atoms with Crippen molar-refractivity contribution in [2.45, 2.75) is 0 Å². The van der Waals surface area contributed by atoms with Gasteiger partial charge >= 0.3 is 0 Å². The summed E-state index contributed by atoms with van der Waals surface area (Å²) >= 11 is 0. The van der Waals surface area contributed by atoms with Gasteiger partial charge in [0.15, 0.2) is 0 Å². The van der Waals surface area contributed by atoms with Gasteiger partial charge in [0.2, 0.25) is 5.95 Å². The van der Waals surface area contributed by atoms with E-state index in [-0.39, 0.29) is 0 Å². The molecule has 6 rings (SSSR count). The number of rotatable bonds is 2. The van der Waals surface area contributed by atoms with E-state index >= 15 is 0 Å². The van der Waals surface area contributed by atoms with E-state index in [0.717, 1.165) is 44.1 Å². The van der Waals surface area contributed by atoms with E-state index in [2.05, 4.69) is 52.0 Å². The van der Waals surface area contributed by atoms with Crippen LogP contribution < -0.4 is 0 Å². The van der Waals surface area contributed by atoms with Crippen molar-refractivity contribution in [3.05, 3.63) is 97.2 Å². The zero-order chi connectivity index (χ0) is 19.2. The largest absolute Gasteiger partial charge is 0.262 e. The van der Waals surface area contributed by atoms with Crippen molar-refractivity contribution in [3.63, 3.8) is 0 Å². The Balaban J connectivity index is 1.75. The van der Waals surface area contributed by atoms with Crippen LogP contribution in [0, 0.1) is 0 Å². The van der Waals surface area contributed by atoms with Crippen LogP contribution in [-0.4, -0.2) is 19.5 Å². The zero-order valence-corrected chi connectivity index (χ0v) is 15.5. The first-order chi connectivity index (χ1) is 14.4. The van der Waals surface area contributed by atoms with Crippen LogP contribution in [0.5, 0.6) is 0 Å². The van der Waals surface area contributed by atoms with Crippen LogP contribution >= 0.6 is 0 Å². The summed E-state index contributed by atoms with van der Waals surface area (Å²) in [6.45, 7) is 0. The average Bonchev–Trinajstić information content (AvgIpc) is 3.13. The van der Waals surface area contributed by atoms with E-state index in [1.54, 1.807) is 0 Å². The molecule has 0 spiro atoms. The Hall–Kier alpha value is -4.05. The molecule has 0 amide bonds. The highest BCUT2D eigenvalue weighted by atomic mass is 15.2. The Morgan fingerprint density at radius 3 is 2.21 bits per heavy atom. The minimum Gasteiger partial charge on any atom is -0.262 e. The highest BCUT2D eigenvalue weighted by Gasteiger charge is 2.17. The maximum Gasteiger partial charge on any atom is 0.237 e. The van der Waals surface area contributed by atoms with Gasteiger partial charge < -0.3 is 0 Å². The standard InChI is InChI=1S/C25H16N4/c1-2-9-17(10-3-1)23-20-12-4-6-14-21(20)27-25(28-23)29-22-15-7-5-11-18(22)19-13-8-16-26-24(19)29/h1-16H. The Morgan fingerprint density at radius 1 is 0.586 bits per heavy atom. The van der Waals surface area contributed by atoms with Crippen molar-refractivity contribution in [2.75, 3.05) is 0 Å². The lowest BCUT2D eigenvalue weighted by Crippen LogP contribution is -2.04. The average molecular weight is 372 g/mol. The number of hydrogen-bond acceptors (Lipinski definition) is 3. The van der Waals surface area contributed by atoms with Gasteiger partial charge in [-0.15, -0.1) is 0 Å². The fourth-order valence-corrected chi connectivity index (χ4v) is 3.98. The van der Waals surface area contributed by atoms with Gasteiger partial charge in [-0.1, -0.05) is 66.7 Å². The Labute approximate surface area is 167 Å². The van der Waals surface area contributed by atoms with Crippen LogP contribution in [0.15, 0.2) is 97.2 Å². The first-order valence-corrected chi connectivity index (χ1v) is 9.57. The van der Waals surface area contributed by atoms with Crippen LogP contribution in [0.1, 0.15) is 0 Å². The summed E-state index contributed by atoms with van der Waals surface area (Å²) < 4.78 is 2.06. The molecule has 0 aliphatic rings. The number of para-hydroxylation sites is 2. The topological polar surface area (TPSA) is 43.6 Å². The van der Waals surface area contributed by atoms with Gasteiger partial charge in [0.05, 0.1) is 16.7 Å². The monoisotopic (exact) mass is 372 g/mol. The summed E-state index contributed by atoms with van der Waals surface area (Å²) in [5.74, 6) is 0.632. The second kappa shape index (κ2) is 6.24. The third-order valence-electron chi connectivity index (χ3n) is 5.27. The molecule has 3 aromatic heterocycles. The molecule has 29 heavy (non-hydrogen) atoms. The van der Waals surface area contributed by atoms with Crippen molar-refractivity contribution in [2.24, 2.45) is 0 Å². The lowest BCUT2D eigenvalue weighted by atomic mass is 10.1. The van der Waals surface area contributed by atoms with Gasteiger partial charge in [0, 0.05) is 27.9 Å². The Morgan fingerprint density at radius 2 is 1.31 bits per heavy atom. The first kappa shape index (κ1) is 16.0. The van der Waals surface area contributed by atoms with Crippen molar-refractivity contribution < 1.29 is 0 Å². The number of aromatic nitrogens is 4. The normalized spacial score (nSPS) is 11.4. The molecule has 0 radical (unpaired) electrons. The van der Waals surface area contributed by atoms with Crippen molar-refractivity contribution in [1.29, 1.82) is 0 Å². The van der Waals surface area contributed by atoms with Gasteiger partial charge in [-0.3, -0.25) is 4.57 Å². The molecular formula is C25H16N4. The smallest absolute Gasteiger partial charge is 0.237 e. The second-order valence-electron chi connectivity index (χ2n) is 6.98. The highest BCUT2D eigenvalue weighted by molar-refractivity contribution is 6.07. The van der Waals surface area contributed by atoms with Crippen LogP contribution in [0.3, 0.4) is 0 Å². The third kappa shape index (κ3) is 2.43. The summed E-state index contributed by atoms with van der Waals surface area (Å²) in [6, 6.07) is 30.8. The number of benzene rings is 3. The molecule has 4 nitrogen and oxygen atoms in total. The zero-order valence-electron chi connectivity index (χ0n) is 15.5. The number of nitrogens with zero attached hydrogens (tertiary/aromatic N) is 4. The molecule has 0 fully saturated rings. The third-order valence-corrected chi connectivity index (χ3v) is 5.27. The van der Waals surface area contributed by atoms with E-state index < -0.39 is 0 Å². The summed E-state index contributed by atoms with van der Waals surface area (Å²) in [6.07, 6.45) is 1.82. The Bertz CT molecular complexity index is 1450. The minimum absolute atomic E-state index is 0.632. The van der Waals surface area contributed by atoms with E-state index in [0.29, 0.717) is 5.95 Å². The molecule has 0 aliphatic carbocycles. The summed E-state index contributed by atoms with van der Waals surface area (Å²) in [4.78, 5) is 14.6. The van der Waals surface area contributed by atoms with Gasteiger partial charge in [-0.25, -0.2) is 15.0 Å². The molecule has 0 bridgehead atoms. The molecule has 0 N–H and O–H groups in total. The van der Waals surface area contributed by atoms with Crippen LogP contribution in [0.4, 0.5) is 0 Å². The van der Waals surface area contributed by atoms with Crippen molar-refractivity contribution >= 4 is 32.8 Å². The molecule has 3 heterocycles. The number of pyridine rings is 1. The van der Waals surface area contributed by atoms with Crippen LogP contribution in [0.2, 0.25) is 0 Å². The molecule has 0 atom stereocenters. The molecular weight excluding hydrogens is 356 g/mol. The maximum atomic E-state index is 5.03. The molecule has 0 saturated carbocycles. The molecule has 4 heteroatoms. The lowest BCUT2D eigenvalue weighted by molar-refractivity contribution is 0.998. The Kier molecular flexibility index (Phi) is 3.43. The summed E-state index contributed by atoms with van der Waals surface area (Å²) in [5, 5.41) is 3.28. The molecule has 6 aromatic rings. The van der Waals surface area contributed by atoms with Crippen LogP contribution in [0.25, 0.3) is 50.0 Å². The van der Waals surface area contributed by atoms with Gasteiger partial charge in [-0.2, -0.15) is 0 Å². The highest BCUT2D eigenvalue weighted by Crippen LogP contribution is 2.32. The van der Waals surface area contributed by atoms with Gasteiger partial charge in [0.25, 0.3) is 0 Å². The van der Waals surface area contributed by atoms with E-state index in [9.17, 15) is 0 Å². The first-order valence-electron chi connectivity index (χ1n) is 9.57. The van der Waals surface area contributed by atoms with Crippen LogP contribution in [-0.2, 0) is 0 Å². The van der Waals surface area contributed by atoms with Crippen molar-refractivity contribution in [1.82, 2.24) is 19.5 Å². The predicted molar refractivity (Wildman–Crippen MR) is 117 cm³/mol. The predicted octanol–water partition coefficient (Wildman–Crippen LogP) is 5.79. The van der Waals surface area contributed by atoms with E-state index in [4.69, 9.17) is 9.97 Å². The van der Waals surface area contributed by atoms with Gasteiger partial charge in [-0.05, 0) is 24.3 Å². The maximum absolute atomic E-state index is 5.03. The quantitative estimate of drug-likeness (QED) is 0.386. The second-order valence-corrected chi connectivity index (χ2v) is 6.98. The summed E-state index contributed by atoms with van der Waals surface area (Å²) in [7, 11) is 0. The summed E-state index contributed by atoms with van der Waals surface area (Å²) in [5.41, 5.74) is 4.82. The molecule has 136 valence electrons. The number of fused-ring (bicyclic) bond motifs is 4. The van der Waals surface area contributed by atoms with E-state index in [1.165, 1.54) is 0 Å². The fourth-order valence-electron chi connectivity index (χ4n) is 3.98. The molecule has 0 aliphatic heterocycles. The molecule has 3 aromatic carbocycles. The number of hydrogen-bond donors (Lipinski definition) is 0. The van der Waals surface area contributed by atoms with Crippen molar-refractivity contribution in [3.8, 4) is 17.2 Å². The molecule has 0 saturated heterocycles. The van der Waals surface area contributed by atoms with E-state index in [1.807, 2.05) is 54.7 Å². The lowest BCUT2D eigenvalue weighted by Gasteiger charge is -2.11. The van der Waals surface area contributed by atoms with Gasteiger partial charge in [0.1, 0.15) is 5.65 Å². The molecule has 0 unspecified atom stereocenters. The fraction of sp³-hybridized carbons (Fsp3) is 0. The minimum atomic E-state index is 0.632.